The Labute approximate surface area is 158 Å². The van der Waals surface area contributed by atoms with Crippen LogP contribution in [0.15, 0.2) is 24.5 Å². The molecule has 27 heavy (non-hydrogen) atoms. The summed E-state index contributed by atoms with van der Waals surface area (Å²) in [5.41, 5.74) is 0.799. The largest absolute Gasteiger partial charge is 0.443 e. The first-order valence-corrected chi connectivity index (χ1v) is 8.90. The number of rotatable bonds is 3. The number of nitrogens with zero attached hydrogens (tertiary/aromatic N) is 4. The van der Waals surface area contributed by atoms with Gasteiger partial charge in [0.1, 0.15) is 5.60 Å². The molecule has 3 heterocycles. The molecule has 0 unspecified atom stereocenters. The van der Waals surface area contributed by atoms with Crippen molar-refractivity contribution in [1.82, 2.24) is 19.4 Å². The summed E-state index contributed by atoms with van der Waals surface area (Å²) in [7, 11) is 0. The lowest BCUT2D eigenvalue weighted by Crippen LogP contribution is -2.50. The van der Waals surface area contributed by atoms with Gasteiger partial charge in [-0.2, -0.15) is 0 Å². The smallest absolute Gasteiger partial charge is 0.419 e. The van der Waals surface area contributed by atoms with Gasteiger partial charge in [0.05, 0.1) is 25.2 Å². The summed E-state index contributed by atoms with van der Waals surface area (Å²) in [6, 6.07) is 3.66. The van der Waals surface area contributed by atoms with Gasteiger partial charge in [-0.05, 0) is 32.9 Å². The van der Waals surface area contributed by atoms with Crippen molar-refractivity contribution in [3.63, 3.8) is 0 Å². The Hall–Kier alpha value is -2.85. The molecule has 1 saturated heterocycles. The number of piperazine rings is 1. The number of fused-ring (bicyclic) bond motifs is 1. The molecule has 142 valence electrons. The predicted molar refractivity (Wildman–Crippen MR) is 102 cm³/mol. The summed E-state index contributed by atoms with van der Waals surface area (Å²) in [5, 5.41) is 0.830. The molecule has 2 aromatic heterocycles. The van der Waals surface area contributed by atoms with Gasteiger partial charge in [-0.1, -0.05) is 5.92 Å². The Morgan fingerprint density at radius 1 is 1.37 bits per heavy atom. The second-order valence-electron chi connectivity index (χ2n) is 7.62. The van der Waals surface area contributed by atoms with Crippen molar-refractivity contribution in [1.29, 1.82) is 0 Å². The summed E-state index contributed by atoms with van der Waals surface area (Å²) >= 11 is 0. The molecule has 7 nitrogen and oxygen atoms in total. The van der Waals surface area contributed by atoms with E-state index in [2.05, 4.69) is 10.9 Å². The van der Waals surface area contributed by atoms with Crippen molar-refractivity contribution in [3.8, 4) is 12.3 Å². The molecule has 1 amide bonds. The van der Waals surface area contributed by atoms with Gasteiger partial charge in [0, 0.05) is 36.6 Å². The van der Waals surface area contributed by atoms with Crippen molar-refractivity contribution in [2.45, 2.75) is 32.9 Å². The van der Waals surface area contributed by atoms with Crippen LogP contribution in [0.4, 0.5) is 4.79 Å². The molecule has 0 saturated carbocycles. The van der Waals surface area contributed by atoms with E-state index < -0.39 is 11.7 Å². The monoisotopic (exact) mass is 368 g/mol. The number of terminal acetylenes is 1. The lowest BCUT2D eigenvalue weighted by molar-refractivity contribution is -0.136. The number of hydrogen-bond acceptors (Lipinski definition) is 5. The van der Waals surface area contributed by atoms with Crippen LogP contribution in [0.2, 0.25) is 0 Å². The highest BCUT2D eigenvalue weighted by molar-refractivity contribution is 5.90. The van der Waals surface area contributed by atoms with E-state index in [9.17, 15) is 9.59 Å². The molecule has 2 aromatic rings. The molecule has 1 aliphatic heterocycles. The quantitative estimate of drug-likeness (QED) is 0.776. The minimum Gasteiger partial charge on any atom is -0.443 e. The van der Waals surface area contributed by atoms with Gasteiger partial charge < -0.3 is 9.64 Å². The van der Waals surface area contributed by atoms with Crippen LogP contribution in [-0.4, -0.2) is 63.1 Å². The molecule has 0 N–H and O–H groups in total. The number of carbonyl (C=O) groups excluding carboxylic acids is 2. The molecule has 0 aliphatic carbocycles. The number of carbonyl (C=O) groups is 2. The van der Waals surface area contributed by atoms with Gasteiger partial charge in [-0.15, -0.1) is 6.42 Å². The summed E-state index contributed by atoms with van der Waals surface area (Å²) in [5.74, 6) is 2.56. The summed E-state index contributed by atoms with van der Waals surface area (Å²) in [6.45, 7) is 7.83. The zero-order valence-electron chi connectivity index (χ0n) is 15.9. The van der Waals surface area contributed by atoms with E-state index in [1.807, 2.05) is 31.7 Å². The molecule has 0 aromatic carbocycles. The number of pyridine rings is 1. The topological polar surface area (TPSA) is 67.7 Å². The van der Waals surface area contributed by atoms with Crippen molar-refractivity contribution < 1.29 is 14.3 Å². The normalized spacial score (nSPS) is 15.8. The van der Waals surface area contributed by atoms with E-state index in [-0.39, 0.29) is 5.91 Å². The maximum atomic E-state index is 12.8. The third kappa shape index (κ3) is 4.29. The van der Waals surface area contributed by atoms with Gasteiger partial charge in [0.15, 0.2) is 0 Å². The Kier molecular flexibility index (Phi) is 5.19. The van der Waals surface area contributed by atoms with Crippen LogP contribution in [0.5, 0.6) is 0 Å². The van der Waals surface area contributed by atoms with Gasteiger partial charge >= 0.3 is 6.09 Å². The molecule has 1 aliphatic rings. The van der Waals surface area contributed by atoms with E-state index in [0.29, 0.717) is 43.9 Å². The third-order valence-corrected chi connectivity index (χ3v) is 4.32. The van der Waals surface area contributed by atoms with E-state index in [1.54, 1.807) is 23.4 Å². The highest BCUT2D eigenvalue weighted by atomic mass is 16.6. The van der Waals surface area contributed by atoms with Crippen LogP contribution < -0.4 is 0 Å². The van der Waals surface area contributed by atoms with Crippen molar-refractivity contribution in [2.75, 3.05) is 26.2 Å². The maximum Gasteiger partial charge on any atom is 0.419 e. The fraction of sp³-hybridized carbons (Fsp3) is 0.450. The molecule has 7 heteroatoms. The van der Waals surface area contributed by atoms with Crippen LogP contribution in [0.25, 0.3) is 10.9 Å². The Balaban J connectivity index is 1.88. The maximum absolute atomic E-state index is 12.8. The standard InChI is InChI=1S/C20H24N4O3/c1-5-8-22-9-10-23(18(25)14-22)13-16-11-15-12-21-7-6-17(15)24(16)19(26)27-20(2,3)4/h1,6-7,11-12H,8-10,13-14H2,2-4H3. The molecular weight excluding hydrogens is 344 g/mol. The second kappa shape index (κ2) is 7.41. The number of aromatic nitrogens is 2. The van der Waals surface area contributed by atoms with Crippen LogP contribution in [-0.2, 0) is 16.1 Å². The lowest BCUT2D eigenvalue weighted by Gasteiger charge is -2.33. The van der Waals surface area contributed by atoms with Crippen LogP contribution in [0.3, 0.4) is 0 Å². The van der Waals surface area contributed by atoms with Gasteiger partial charge in [-0.25, -0.2) is 9.36 Å². The van der Waals surface area contributed by atoms with Crippen LogP contribution in [0.1, 0.15) is 26.5 Å². The summed E-state index contributed by atoms with van der Waals surface area (Å²) in [6.07, 6.45) is 8.21. The molecule has 0 radical (unpaired) electrons. The van der Waals surface area contributed by atoms with E-state index in [4.69, 9.17) is 11.2 Å². The highest BCUT2D eigenvalue weighted by Crippen LogP contribution is 2.23. The van der Waals surface area contributed by atoms with E-state index in [0.717, 1.165) is 5.39 Å². The molecule has 0 spiro atoms. The first-order valence-electron chi connectivity index (χ1n) is 8.90. The third-order valence-electron chi connectivity index (χ3n) is 4.32. The minimum absolute atomic E-state index is 0.00406. The molecule has 1 fully saturated rings. The zero-order chi connectivity index (χ0) is 19.6. The molecule has 3 rings (SSSR count). The number of hydrogen-bond donors (Lipinski definition) is 0. The molecule has 0 bridgehead atoms. The van der Waals surface area contributed by atoms with Crippen LogP contribution in [0, 0.1) is 12.3 Å². The van der Waals surface area contributed by atoms with E-state index >= 15 is 0 Å². The Morgan fingerprint density at radius 2 is 2.15 bits per heavy atom. The first kappa shape index (κ1) is 18.9. The first-order chi connectivity index (χ1) is 12.8. The predicted octanol–water partition coefficient (Wildman–Crippen LogP) is 2.10. The Bertz CT molecular complexity index is 904. The van der Waals surface area contributed by atoms with Crippen molar-refractivity contribution in [2.24, 2.45) is 0 Å². The molecule has 0 atom stereocenters. The molecular formula is C20H24N4O3. The average molecular weight is 368 g/mol. The number of amides is 1. The number of ether oxygens (including phenoxy) is 1. The minimum atomic E-state index is -0.616. The van der Waals surface area contributed by atoms with Gasteiger partial charge in [0.25, 0.3) is 0 Å². The summed E-state index contributed by atoms with van der Waals surface area (Å²) < 4.78 is 7.10. The fourth-order valence-electron chi connectivity index (χ4n) is 3.14. The van der Waals surface area contributed by atoms with E-state index in [1.165, 1.54) is 4.57 Å². The summed E-state index contributed by atoms with van der Waals surface area (Å²) in [4.78, 5) is 33.1. The second-order valence-corrected chi connectivity index (χ2v) is 7.62. The zero-order valence-corrected chi connectivity index (χ0v) is 15.9. The Morgan fingerprint density at radius 3 is 2.81 bits per heavy atom. The SMILES string of the molecule is C#CCN1CCN(Cc2cc3cnccc3n2C(=O)OC(C)(C)C)C(=O)C1. The highest BCUT2D eigenvalue weighted by Gasteiger charge is 2.27. The fourth-order valence-corrected chi connectivity index (χ4v) is 3.14. The lowest BCUT2D eigenvalue weighted by atomic mass is 10.2. The van der Waals surface area contributed by atoms with Crippen LogP contribution >= 0.6 is 0 Å². The average Bonchev–Trinajstić information content (AvgIpc) is 2.94. The van der Waals surface area contributed by atoms with Gasteiger partial charge in [-0.3, -0.25) is 14.7 Å². The van der Waals surface area contributed by atoms with Crippen molar-refractivity contribution in [3.05, 3.63) is 30.2 Å². The van der Waals surface area contributed by atoms with Crippen molar-refractivity contribution >= 4 is 22.9 Å². The van der Waals surface area contributed by atoms with Gasteiger partial charge in [0.2, 0.25) is 5.91 Å².